The van der Waals surface area contributed by atoms with Gasteiger partial charge in [-0.25, -0.2) is 17.5 Å². The number of carboxylic acids is 1. The SMILES string of the molecule is Cc1cc(C)cc(S(=O)(=O)N(C)CCC(=O)N(C)CCc2ccc(C3=NCCN3)cc2)c1.O=C(O)C(F)(F)F. The number of rotatable bonds is 9. The van der Waals surface area contributed by atoms with Crippen molar-refractivity contribution in [2.24, 2.45) is 4.99 Å². The zero-order chi connectivity index (χ0) is 29.4. The number of alkyl halides is 3. The Labute approximate surface area is 226 Å². The molecule has 39 heavy (non-hydrogen) atoms. The summed E-state index contributed by atoms with van der Waals surface area (Å²) in [6.45, 7) is 6.15. The molecule has 0 unspecified atom stereocenters. The van der Waals surface area contributed by atoms with Gasteiger partial charge in [0.25, 0.3) is 0 Å². The van der Waals surface area contributed by atoms with E-state index in [1.807, 2.05) is 32.0 Å². The van der Waals surface area contributed by atoms with Gasteiger partial charge >= 0.3 is 12.1 Å². The van der Waals surface area contributed by atoms with E-state index in [0.29, 0.717) is 6.54 Å². The fraction of sp³-hybridized carbons (Fsp3) is 0.423. The number of carbonyl (C=O) groups excluding carboxylic acids is 1. The number of carboxylic acid groups (broad SMARTS) is 1. The summed E-state index contributed by atoms with van der Waals surface area (Å²) in [5.41, 5.74) is 4.01. The quantitative estimate of drug-likeness (QED) is 0.479. The first kappa shape index (κ1) is 31.8. The van der Waals surface area contributed by atoms with Gasteiger partial charge in [-0.15, -0.1) is 0 Å². The Morgan fingerprint density at radius 3 is 2.08 bits per heavy atom. The average Bonchev–Trinajstić information content (AvgIpc) is 3.40. The lowest BCUT2D eigenvalue weighted by molar-refractivity contribution is -0.192. The predicted molar refractivity (Wildman–Crippen MR) is 141 cm³/mol. The number of nitrogens with zero attached hydrogens (tertiary/aromatic N) is 3. The summed E-state index contributed by atoms with van der Waals surface area (Å²) >= 11 is 0. The fourth-order valence-corrected chi connectivity index (χ4v) is 5.03. The van der Waals surface area contributed by atoms with E-state index in [0.717, 1.165) is 47.6 Å². The van der Waals surface area contributed by atoms with Crippen molar-refractivity contribution in [1.82, 2.24) is 14.5 Å². The van der Waals surface area contributed by atoms with Crippen LogP contribution in [0.3, 0.4) is 0 Å². The number of amides is 1. The van der Waals surface area contributed by atoms with Crippen LogP contribution in [-0.4, -0.2) is 86.9 Å². The van der Waals surface area contributed by atoms with E-state index in [9.17, 15) is 26.4 Å². The highest BCUT2D eigenvalue weighted by Crippen LogP contribution is 2.18. The van der Waals surface area contributed by atoms with Crippen LogP contribution in [0.5, 0.6) is 0 Å². The molecule has 0 radical (unpaired) electrons. The second-order valence-electron chi connectivity index (χ2n) is 9.12. The Kier molecular flexibility index (Phi) is 11.0. The minimum absolute atomic E-state index is 0.0754. The summed E-state index contributed by atoms with van der Waals surface area (Å²) in [4.78, 5) is 27.8. The number of nitrogens with one attached hydrogen (secondary N) is 1. The molecule has 1 aliphatic heterocycles. The standard InChI is InChI=1S/C24H32N4O3S.C2HF3O2/c1-18-15-19(2)17-22(16-18)32(30,31)28(4)14-10-23(29)27(3)13-9-20-5-7-21(8-6-20)24-25-11-12-26-24;3-2(4,5)1(6)7/h5-8,15-17H,9-14H2,1-4H3,(H,25,26);(H,6,7). The number of aliphatic imine (C=N–C) groups is 1. The summed E-state index contributed by atoms with van der Waals surface area (Å²) in [5.74, 6) is -1.90. The smallest absolute Gasteiger partial charge is 0.475 e. The molecule has 1 heterocycles. The molecule has 1 aliphatic rings. The van der Waals surface area contributed by atoms with Gasteiger partial charge in [-0.2, -0.15) is 13.2 Å². The van der Waals surface area contributed by atoms with Crippen molar-refractivity contribution in [3.05, 3.63) is 64.7 Å². The first-order valence-corrected chi connectivity index (χ1v) is 13.5. The minimum atomic E-state index is -5.08. The van der Waals surface area contributed by atoms with E-state index < -0.39 is 22.2 Å². The largest absolute Gasteiger partial charge is 0.490 e. The Morgan fingerprint density at radius 1 is 1.03 bits per heavy atom. The molecule has 2 aromatic rings. The van der Waals surface area contributed by atoms with Crippen LogP contribution in [-0.2, 0) is 26.0 Å². The van der Waals surface area contributed by atoms with Gasteiger partial charge in [0, 0.05) is 45.7 Å². The number of likely N-dealkylation sites (N-methyl/N-ethyl adjacent to an activating group) is 1. The minimum Gasteiger partial charge on any atom is -0.475 e. The second-order valence-corrected chi connectivity index (χ2v) is 11.2. The highest BCUT2D eigenvalue weighted by Gasteiger charge is 2.38. The zero-order valence-corrected chi connectivity index (χ0v) is 23.1. The van der Waals surface area contributed by atoms with Crippen LogP contribution in [0.1, 0.15) is 28.7 Å². The number of aryl methyl sites for hydroxylation is 2. The number of benzene rings is 2. The van der Waals surface area contributed by atoms with Gasteiger partial charge in [0.15, 0.2) is 0 Å². The molecule has 0 atom stereocenters. The third kappa shape index (κ3) is 9.66. The molecule has 9 nitrogen and oxygen atoms in total. The van der Waals surface area contributed by atoms with Gasteiger partial charge in [-0.3, -0.25) is 9.79 Å². The van der Waals surface area contributed by atoms with Crippen LogP contribution in [0.2, 0.25) is 0 Å². The van der Waals surface area contributed by atoms with Crippen molar-refractivity contribution in [2.45, 2.75) is 37.8 Å². The van der Waals surface area contributed by atoms with Crippen LogP contribution in [0.25, 0.3) is 0 Å². The Morgan fingerprint density at radius 2 is 1.59 bits per heavy atom. The van der Waals surface area contributed by atoms with E-state index in [-0.39, 0.29) is 23.8 Å². The van der Waals surface area contributed by atoms with Gasteiger partial charge in [-0.05, 0) is 49.1 Å². The molecule has 3 rings (SSSR count). The molecule has 2 N–H and O–H groups in total. The zero-order valence-electron chi connectivity index (χ0n) is 22.2. The lowest BCUT2D eigenvalue weighted by atomic mass is 10.1. The fourth-order valence-electron chi connectivity index (χ4n) is 3.67. The average molecular weight is 571 g/mol. The van der Waals surface area contributed by atoms with Gasteiger partial charge in [-0.1, -0.05) is 30.3 Å². The van der Waals surface area contributed by atoms with Gasteiger partial charge < -0.3 is 15.3 Å². The third-order valence-corrected chi connectivity index (χ3v) is 7.68. The molecular formula is C26H33F3N4O5S. The molecule has 2 aromatic carbocycles. The van der Waals surface area contributed by atoms with Crippen LogP contribution in [0.15, 0.2) is 52.4 Å². The molecule has 0 aliphatic carbocycles. The lowest BCUT2D eigenvalue weighted by Crippen LogP contribution is -2.34. The van der Waals surface area contributed by atoms with Gasteiger partial charge in [0.05, 0.1) is 11.4 Å². The summed E-state index contributed by atoms with van der Waals surface area (Å²) in [6, 6.07) is 13.5. The van der Waals surface area contributed by atoms with E-state index in [1.54, 1.807) is 24.1 Å². The number of hydrogen-bond donors (Lipinski definition) is 2. The monoisotopic (exact) mass is 570 g/mol. The third-order valence-electron chi connectivity index (χ3n) is 5.85. The molecule has 0 spiro atoms. The van der Waals surface area contributed by atoms with Crippen molar-refractivity contribution >= 4 is 27.7 Å². The van der Waals surface area contributed by atoms with Crippen LogP contribution in [0.4, 0.5) is 13.2 Å². The number of carbonyl (C=O) groups is 2. The van der Waals surface area contributed by atoms with E-state index in [2.05, 4.69) is 22.4 Å². The second kappa shape index (κ2) is 13.6. The summed E-state index contributed by atoms with van der Waals surface area (Å²) in [7, 11) is -0.349. The molecule has 214 valence electrons. The molecule has 0 saturated carbocycles. The van der Waals surface area contributed by atoms with Crippen LogP contribution in [0, 0.1) is 13.8 Å². The molecule has 0 saturated heterocycles. The highest BCUT2D eigenvalue weighted by atomic mass is 32.2. The van der Waals surface area contributed by atoms with Crippen LogP contribution >= 0.6 is 0 Å². The molecular weight excluding hydrogens is 537 g/mol. The van der Waals surface area contributed by atoms with Crippen LogP contribution < -0.4 is 5.32 Å². The Hall–Kier alpha value is -3.45. The van der Waals surface area contributed by atoms with Gasteiger partial charge in [0.2, 0.25) is 15.9 Å². The molecule has 13 heteroatoms. The number of hydrogen-bond acceptors (Lipinski definition) is 6. The van der Waals surface area contributed by atoms with E-state index >= 15 is 0 Å². The molecule has 0 bridgehead atoms. The van der Waals surface area contributed by atoms with Crippen molar-refractivity contribution < 1.29 is 36.3 Å². The first-order chi connectivity index (χ1) is 18.1. The van der Waals surface area contributed by atoms with E-state index in [4.69, 9.17) is 9.90 Å². The van der Waals surface area contributed by atoms with E-state index in [1.165, 1.54) is 11.4 Å². The molecule has 0 fully saturated rings. The van der Waals surface area contributed by atoms with Crippen molar-refractivity contribution in [3.8, 4) is 0 Å². The predicted octanol–water partition coefficient (Wildman–Crippen LogP) is 3.00. The molecule has 0 aromatic heterocycles. The number of halogens is 3. The van der Waals surface area contributed by atoms with Crippen molar-refractivity contribution in [2.75, 3.05) is 40.3 Å². The first-order valence-electron chi connectivity index (χ1n) is 12.1. The molecule has 1 amide bonds. The number of sulfonamides is 1. The maximum Gasteiger partial charge on any atom is 0.490 e. The Bertz CT molecular complexity index is 1280. The topological polar surface area (TPSA) is 119 Å². The summed E-state index contributed by atoms with van der Waals surface area (Å²) in [5, 5.41) is 10.4. The maximum absolute atomic E-state index is 12.8. The summed E-state index contributed by atoms with van der Waals surface area (Å²) in [6.07, 6.45) is -4.21. The van der Waals surface area contributed by atoms with Crippen molar-refractivity contribution in [3.63, 3.8) is 0 Å². The highest BCUT2D eigenvalue weighted by molar-refractivity contribution is 7.89. The van der Waals surface area contributed by atoms with Gasteiger partial charge in [0.1, 0.15) is 5.84 Å². The lowest BCUT2D eigenvalue weighted by Gasteiger charge is -2.21. The normalized spacial score (nSPS) is 13.3. The Balaban J connectivity index is 0.000000673. The summed E-state index contributed by atoms with van der Waals surface area (Å²) < 4.78 is 58.7. The maximum atomic E-state index is 12.8. The van der Waals surface area contributed by atoms with Crippen molar-refractivity contribution in [1.29, 1.82) is 0 Å². The number of aliphatic carboxylic acids is 1. The number of amidine groups is 1.